The van der Waals surface area contributed by atoms with E-state index in [-0.39, 0.29) is 30.3 Å². The zero-order valence-corrected chi connectivity index (χ0v) is 12.2. The summed E-state index contributed by atoms with van der Waals surface area (Å²) in [6.07, 6.45) is 3.07. The highest BCUT2D eigenvalue weighted by Crippen LogP contribution is 2.13. The molecule has 0 spiro atoms. The van der Waals surface area contributed by atoms with E-state index in [0.29, 0.717) is 11.3 Å². The van der Waals surface area contributed by atoms with Crippen molar-refractivity contribution in [2.24, 2.45) is 0 Å². The van der Waals surface area contributed by atoms with Crippen molar-refractivity contribution in [3.8, 4) is 0 Å². The standard InChI is InChI=1S/C14H18N2O3.ClH/c1-19-14(18)10-5-7-11(8-6-10)16-13(17)12-4-2-3-9-15-12;/h5-8,12,15H,2-4,9H2,1H3,(H,16,17);1H. The molecule has 0 saturated carbocycles. The first-order chi connectivity index (χ1) is 9.20. The summed E-state index contributed by atoms with van der Waals surface area (Å²) in [5.41, 5.74) is 1.15. The van der Waals surface area contributed by atoms with Crippen molar-refractivity contribution in [2.45, 2.75) is 25.3 Å². The second-order valence-electron chi connectivity index (χ2n) is 4.56. The van der Waals surface area contributed by atoms with Crippen molar-refractivity contribution in [3.63, 3.8) is 0 Å². The zero-order valence-electron chi connectivity index (χ0n) is 11.3. The number of hydrogen-bond acceptors (Lipinski definition) is 4. The first-order valence-corrected chi connectivity index (χ1v) is 6.43. The molecule has 0 aromatic heterocycles. The second-order valence-corrected chi connectivity index (χ2v) is 4.56. The van der Waals surface area contributed by atoms with Crippen LogP contribution < -0.4 is 10.6 Å². The largest absolute Gasteiger partial charge is 0.465 e. The third-order valence-corrected chi connectivity index (χ3v) is 3.20. The highest BCUT2D eigenvalue weighted by Gasteiger charge is 2.20. The molecule has 1 saturated heterocycles. The molecule has 110 valence electrons. The average molecular weight is 299 g/mol. The van der Waals surface area contributed by atoms with E-state index in [0.717, 1.165) is 25.8 Å². The van der Waals surface area contributed by atoms with E-state index < -0.39 is 0 Å². The van der Waals surface area contributed by atoms with E-state index in [1.54, 1.807) is 24.3 Å². The van der Waals surface area contributed by atoms with E-state index >= 15 is 0 Å². The number of ether oxygens (including phenoxy) is 1. The van der Waals surface area contributed by atoms with Gasteiger partial charge in [-0.3, -0.25) is 4.79 Å². The number of esters is 1. The van der Waals surface area contributed by atoms with Gasteiger partial charge in [0.05, 0.1) is 18.7 Å². The molecule has 1 fully saturated rings. The molecule has 1 heterocycles. The van der Waals surface area contributed by atoms with Gasteiger partial charge >= 0.3 is 5.97 Å². The molecule has 6 heteroatoms. The Morgan fingerprint density at radius 1 is 1.25 bits per heavy atom. The van der Waals surface area contributed by atoms with Gasteiger partial charge in [-0.25, -0.2) is 4.79 Å². The van der Waals surface area contributed by atoms with Gasteiger partial charge in [0, 0.05) is 5.69 Å². The van der Waals surface area contributed by atoms with Crippen LogP contribution in [-0.4, -0.2) is 31.6 Å². The smallest absolute Gasteiger partial charge is 0.337 e. The minimum absolute atomic E-state index is 0. The summed E-state index contributed by atoms with van der Waals surface area (Å²) in [5, 5.41) is 6.03. The van der Waals surface area contributed by atoms with Crippen LogP contribution in [0, 0.1) is 0 Å². The minimum Gasteiger partial charge on any atom is -0.465 e. The van der Waals surface area contributed by atoms with Gasteiger partial charge in [0.2, 0.25) is 5.91 Å². The maximum Gasteiger partial charge on any atom is 0.337 e. The van der Waals surface area contributed by atoms with E-state index in [4.69, 9.17) is 0 Å². The lowest BCUT2D eigenvalue weighted by Gasteiger charge is -2.22. The lowest BCUT2D eigenvalue weighted by molar-refractivity contribution is -0.118. The van der Waals surface area contributed by atoms with Gasteiger partial charge in [0.25, 0.3) is 0 Å². The third-order valence-electron chi connectivity index (χ3n) is 3.20. The number of rotatable bonds is 3. The summed E-state index contributed by atoms with van der Waals surface area (Å²) in [5.74, 6) is -0.405. The van der Waals surface area contributed by atoms with Crippen LogP contribution in [0.5, 0.6) is 0 Å². The first-order valence-electron chi connectivity index (χ1n) is 6.43. The Morgan fingerprint density at radius 2 is 1.95 bits per heavy atom. The van der Waals surface area contributed by atoms with Gasteiger partial charge in [-0.2, -0.15) is 0 Å². The van der Waals surface area contributed by atoms with Crippen LogP contribution in [0.1, 0.15) is 29.6 Å². The van der Waals surface area contributed by atoms with Gasteiger partial charge < -0.3 is 15.4 Å². The topological polar surface area (TPSA) is 67.4 Å². The monoisotopic (exact) mass is 298 g/mol. The van der Waals surface area contributed by atoms with Crippen LogP contribution in [-0.2, 0) is 9.53 Å². The number of amides is 1. The lowest BCUT2D eigenvalue weighted by atomic mass is 10.0. The van der Waals surface area contributed by atoms with Gasteiger partial charge in [0.15, 0.2) is 0 Å². The Bertz CT molecular complexity index is 456. The molecular formula is C14H19ClN2O3. The van der Waals surface area contributed by atoms with Gasteiger partial charge in [0.1, 0.15) is 0 Å². The van der Waals surface area contributed by atoms with Crippen LogP contribution in [0.4, 0.5) is 5.69 Å². The van der Waals surface area contributed by atoms with E-state index in [1.807, 2.05) is 0 Å². The Balaban J connectivity index is 0.00000200. The first kappa shape index (κ1) is 16.5. The summed E-state index contributed by atoms with van der Waals surface area (Å²) >= 11 is 0. The molecule has 1 atom stereocenters. The van der Waals surface area contributed by atoms with E-state index in [1.165, 1.54) is 7.11 Å². The number of methoxy groups -OCH3 is 1. The van der Waals surface area contributed by atoms with Crippen molar-refractivity contribution >= 4 is 30.0 Å². The number of benzene rings is 1. The summed E-state index contributed by atoms with van der Waals surface area (Å²) in [6, 6.07) is 6.56. The lowest BCUT2D eigenvalue weighted by Crippen LogP contribution is -2.43. The summed E-state index contributed by atoms with van der Waals surface area (Å²) < 4.78 is 4.62. The maximum atomic E-state index is 12.0. The number of anilines is 1. The van der Waals surface area contributed by atoms with Gasteiger partial charge in [-0.15, -0.1) is 12.4 Å². The van der Waals surface area contributed by atoms with Crippen molar-refractivity contribution in [1.82, 2.24) is 5.32 Å². The zero-order chi connectivity index (χ0) is 13.7. The number of piperidine rings is 1. The molecule has 1 aliphatic heterocycles. The Labute approximate surface area is 124 Å². The molecule has 1 aromatic rings. The maximum absolute atomic E-state index is 12.0. The summed E-state index contributed by atoms with van der Waals surface area (Å²) in [7, 11) is 1.34. The summed E-state index contributed by atoms with van der Waals surface area (Å²) in [6.45, 7) is 0.888. The fourth-order valence-electron chi connectivity index (χ4n) is 2.11. The minimum atomic E-state index is -0.383. The predicted molar refractivity (Wildman–Crippen MR) is 79.3 cm³/mol. The van der Waals surface area contributed by atoms with Gasteiger partial charge in [-0.1, -0.05) is 6.42 Å². The molecule has 0 radical (unpaired) electrons. The highest BCUT2D eigenvalue weighted by molar-refractivity contribution is 5.95. The quantitative estimate of drug-likeness (QED) is 0.837. The number of carbonyl (C=O) groups excluding carboxylic acids is 2. The highest BCUT2D eigenvalue weighted by atomic mass is 35.5. The van der Waals surface area contributed by atoms with E-state index in [9.17, 15) is 9.59 Å². The van der Waals surface area contributed by atoms with Crippen molar-refractivity contribution in [2.75, 3.05) is 19.0 Å². The molecule has 0 aliphatic carbocycles. The van der Waals surface area contributed by atoms with Crippen LogP contribution in [0.3, 0.4) is 0 Å². The van der Waals surface area contributed by atoms with Crippen LogP contribution in [0.25, 0.3) is 0 Å². The molecule has 1 amide bonds. The number of carbonyl (C=O) groups is 2. The fourth-order valence-corrected chi connectivity index (χ4v) is 2.11. The van der Waals surface area contributed by atoms with Crippen molar-refractivity contribution < 1.29 is 14.3 Å². The number of halogens is 1. The molecule has 20 heavy (non-hydrogen) atoms. The van der Waals surface area contributed by atoms with Crippen LogP contribution in [0.2, 0.25) is 0 Å². The predicted octanol–water partition coefficient (Wildman–Crippen LogP) is 1.98. The molecule has 2 rings (SSSR count). The van der Waals surface area contributed by atoms with Crippen LogP contribution in [0.15, 0.2) is 24.3 Å². The molecule has 2 N–H and O–H groups in total. The number of nitrogens with one attached hydrogen (secondary N) is 2. The van der Waals surface area contributed by atoms with Crippen molar-refractivity contribution in [1.29, 1.82) is 0 Å². The van der Waals surface area contributed by atoms with Crippen LogP contribution >= 0.6 is 12.4 Å². The van der Waals surface area contributed by atoms with Gasteiger partial charge in [-0.05, 0) is 43.7 Å². The Morgan fingerprint density at radius 3 is 2.50 bits per heavy atom. The molecule has 1 aliphatic rings. The SMILES string of the molecule is COC(=O)c1ccc(NC(=O)C2CCCCN2)cc1.Cl. The normalized spacial score (nSPS) is 17.8. The molecular weight excluding hydrogens is 280 g/mol. The third kappa shape index (κ3) is 4.21. The molecule has 1 unspecified atom stereocenters. The number of hydrogen-bond donors (Lipinski definition) is 2. The summed E-state index contributed by atoms with van der Waals surface area (Å²) in [4.78, 5) is 23.3. The molecule has 0 bridgehead atoms. The average Bonchev–Trinajstić information content (AvgIpc) is 2.48. The molecule has 5 nitrogen and oxygen atoms in total. The molecule has 1 aromatic carbocycles. The van der Waals surface area contributed by atoms with Crippen molar-refractivity contribution in [3.05, 3.63) is 29.8 Å². The fraction of sp³-hybridized carbons (Fsp3) is 0.429. The Hall–Kier alpha value is -1.59. The van der Waals surface area contributed by atoms with E-state index in [2.05, 4.69) is 15.4 Å². The Kier molecular flexibility index (Phi) is 6.48. The second kappa shape index (κ2) is 7.87.